The monoisotopic (exact) mass is 281 g/mol. The normalized spacial score (nSPS) is 10.4. The standard InChI is InChI=1S/C14H11N5S/c1-2-16-14-19-18-13(20-14)10-7-9-5-3-4-6-11(9)17-12(10)8-15/h3-7H,2H2,1H3,(H,16,19). The number of nitrogens with zero attached hydrogens (tertiary/aromatic N) is 4. The van der Waals surface area contributed by atoms with Gasteiger partial charge in [0.2, 0.25) is 5.13 Å². The average molecular weight is 281 g/mol. The molecule has 6 heteroatoms. The van der Waals surface area contributed by atoms with Crippen molar-refractivity contribution in [1.82, 2.24) is 15.2 Å². The minimum absolute atomic E-state index is 0.378. The van der Waals surface area contributed by atoms with E-state index < -0.39 is 0 Å². The summed E-state index contributed by atoms with van der Waals surface area (Å²) in [6, 6.07) is 11.8. The van der Waals surface area contributed by atoms with Crippen LogP contribution in [-0.2, 0) is 0 Å². The third kappa shape index (κ3) is 2.19. The van der Waals surface area contributed by atoms with Gasteiger partial charge in [0.15, 0.2) is 10.7 Å². The van der Waals surface area contributed by atoms with E-state index in [1.165, 1.54) is 11.3 Å². The molecule has 0 atom stereocenters. The minimum Gasteiger partial charge on any atom is -0.360 e. The smallest absolute Gasteiger partial charge is 0.205 e. The maximum absolute atomic E-state index is 9.28. The van der Waals surface area contributed by atoms with Crippen LogP contribution >= 0.6 is 11.3 Å². The molecule has 0 amide bonds. The zero-order valence-electron chi connectivity index (χ0n) is 10.8. The molecule has 2 heterocycles. The maximum atomic E-state index is 9.28. The molecule has 2 aromatic heterocycles. The van der Waals surface area contributed by atoms with E-state index in [0.29, 0.717) is 10.7 Å². The lowest BCUT2D eigenvalue weighted by molar-refractivity contribution is 1.07. The molecule has 1 N–H and O–H groups in total. The van der Waals surface area contributed by atoms with Gasteiger partial charge >= 0.3 is 0 Å². The van der Waals surface area contributed by atoms with Crippen LogP contribution in [0.2, 0.25) is 0 Å². The lowest BCUT2D eigenvalue weighted by Gasteiger charge is -2.02. The van der Waals surface area contributed by atoms with E-state index >= 15 is 0 Å². The second-order valence-electron chi connectivity index (χ2n) is 4.13. The second-order valence-corrected chi connectivity index (χ2v) is 5.11. The molecular formula is C14H11N5S. The summed E-state index contributed by atoms with van der Waals surface area (Å²) in [5.41, 5.74) is 1.92. The van der Waals surface area contributed by atoms with Crippen molar-refractivity contribution in [3.8, 4) is 16.6 Å². The van der Waals surface area contributed by atoms with Crippen LogP contribution in [0.3, 0.4) is 0 Å². The molecule has 3 aromatic rings. The first-order chi connectivity index (χ1) is 9.81. The molecule has 0 bridgehead atoms. The summed E-state index contributed by atoms with van der Waals surface area (Å²) < 4.78 is 0. The van der Waals surface area contributed by atoms with Gasteiger partial charge in [0, 0.05) is 17.5 Å². The fraction of sp³-hybridized carbons (Fsp3) is 0.143. The molecule has 0 unspecified atom stereocenters. The Bertz CT molecular complexity index is 803. The van der Waals surface area contributed by atoms with Gasteiger partial charge in [-0.2, -0.15) is 5.26 Å². The number of hydrogen-bond acceptors (Lipinski definition) is 6. The van der Waals surface area contributed by atoms with Crippen molar-refractivity contribution < 1.29 is 0 Å². The molecule has 20 heavy (non-hydrogen) atoms. The van der Waals surface area contributed by atoms with Gasteiger partial charge in [0.05, 0.1) is 5.52 Å². The first-order valence-corrected chi connectivity index (χ1v) is 7.01. The summed E-state index contributed by atoms with van der Waals surface area (Å²) in [6.07, 6.45) is 0. The summed E-state index contributed by atoms with van der Waals surface area (Å²) >= 11 is 1.42. The number of nitriles is 1. The summed E-state index contributed by atoms with van der Waals surface area (Å²) in [7, 11) is 0. The van der Waals surface area contributed by atoms with Crippen LogP contribution in [0.5, 0.6) is 0 Å². The van der Waals surface area contributed by atoms with Crippen LogP contribution in [-0.4, -0.2) is 21.7 Å². The van der Waals surface area contributed by atoms with Gasteiger partial charge in [-0.3, -0.25) is 0 Å². The Balaban J connectivity index is 2.15. The number of anilines is 1. The third-order valence-electron chi connectivity index (χ3n) is 2.81. The van der Waals surface area contributed by atoms with Gasteiger partial charge in [-0.25, -0.2) is 4.98 Å². The Morgan fingerprint density at radius 1 is 1.30 bits per heavy atom. The molecular weight excluding hydrogens is 270 g/mol. The van der Waals surface area contributed by atoms with Gasteiger partial charge in [-0.15, -0.1) is 10.2 Å². The minimum atomic E-state index is 0.378. The van der Waals surface area contributed by atoms with Gasteiger partial charge in [0.25, 0.3) is 0 Å². The second kappa shape index (κ2) is 5.23. The number of rotatable bonds is 3. The van der Waals surface area contributed by atoms with Crippen molar-refractivity contribution in [1.29, 1.82) is 5.26 Å². The van der Waals surface area contributed by atoms with Crippen LogP contribution in [0.15, 0.2) is 30.3 Å². The van der Waals surface area contributed by atoms with E-state index in [2.05, 4.69) is 26.6 Å². The molecule has 3 rings (SSSR count). The molecule has 0 aliphatic carbocycles. The highest BCUT2D eigenvalue weighted by Crippen LogP contribution is 2.30. The van der Waals surface area contributed by atoms with E-state index in [0.717, 1.165) is 28.1 Å². The number of benzene rings is 1. The third-order valence-corrected chi connectivity index (χ3v) is 3.73. The van der Waals surface area contributed by atoms with E-state index in [1.54, 1.807) is 0 Å². The summed E-state index contributed by atoms with van der Waals surface area (Å²) in [5.74, 6) is 0. The van der Waals surface area contributed by atoms with Gasteiger partial charge in [-0.05, 0) is 19.1 Å². The Kier molecular flexibility index (Phi) is 3.27. The number of para-hydroxylation sites is 1. The van der Waals surface area contributed by atoms with Crippen LogP contribution in [0.1, 0.15) is 12.6 Å². The number of hydrogen-bond donors (Lipinski definition) is 1. The molecule has 0 saturated heterocycles. The van der Waals surface area contributed by atoms with Crippen molar-refractivity contribution >= 4 is 27.4 Å². The topological polar surface area (TPSA) is 74.5 Å². The van der Waals surface area contributed by atoms with Crippen LogP contribution in [0.4, 0.5) is 5.13 Å². The molecule has 0 fully saturated rings. The molecule has 0 spiro atoms. The van der Waals surface area contributed by atoms with Crippen molar-refractivity contribution in [2.24, 2.45) is 0 Å². The average Bonchev–Trinajstić information content (AvgIpc) is 2.94. The molecule has 98 valence electrons. The highest BCUT2D eigenvalue weighted by Gasteiger charge is 2.13. The SMILES string of the molecule is CCNc1nnc(-c2cc3ccccc3nc2C#N)s1. The first-order valence-electron chi connectivity index (χ1n) is 6.19. The molecule has 0 radical (unpaired) electrons. The largest absolute Gasteiger partial charge is 0.360 e. The zero-order valence-corrected chi connectivity index (χ0v) is 11.6. The summed E-state index contributed by atoms with van der Waals surface area (Å²) in [4.78, 5) is 4.38. The van der Waals surface area contributed by atoms with Crippen LogP contribution < -0.4 is 5.32 Å². The Hall–Kier alpha value is -2.52. The molecule has 0 aliphatic rings. The Morgan fingerprint density at radius 3 is 2.95 bits per heavy atom. The van der Waals surface area contributed by atoms with Crippen molar-refractivity contribution in [2.75, 3.05) is 11.9 Å². The summed E-state index contributed by atoms with van der Waals surface area (Å²) in [5, 5.41) is 23.0. The lowest BCUT2D eigenvalue weighted by atomic mass is 10.1. The highest BCUT2D eigenvalue weighted by atomic mass is 32.1. The molecule has 1 aromatic carbocycles. The van der Waals surface area contributed by atoms with Gasteiger partial charge in [-0.1, -0.05) is 29.5 Å². The van der Waals surface area contributed by atoms with Crippen molar-refractivity contribution in [3.63, 3.8) is 0 Å². The molecule has 0 aliphatic heterocycles. The first kappa shape index (κ1) is 12.5. The van der Waals surface area contributed by atoms with E-state index in [9.17, 15) is 5.26 Å². The Morgan fingerprint density at radius 2 is 2.15 bits per heavy atom. The fourth-order valence-electron chi connectivity index (χ4n) is 1.92. The van der Waals surface area contributed by atoms with Crippen LogP contribution in [0, 0.1) is 11.3 Å². The lowest BCUT2D eigenvalue weighted by Crippen LogP contribution is -1.94. The quantitative estimate of drug-likeness (QED) is 0.798. The van der Waals surface area contributed by atoms with Crippen LogP contribution in [0.25, 0.3) is 21.5 Å². The zero-order chi connectivity index (χ0) is 13.9. The van der Waals surface area contributed by atoms with E-state index in [1.807, 2.05) is 37.3 Å². The number of pyridine rings is 1. The summed E-state index contributed by atoms with van der Waals surface area (Å²) in [6.45, 7) is 2.79. The van der Waals surface area contributed by atoms with Crippen molar-refractivity contribution in [3.05, 3.63) is 36.0 Å². The molecule has 0 saturated carbocycles. The van der Waals surface area contributed by atoms with Gasteiger partial charge in [0.1, 0.15) is 6.07 Å². The fourth-order valence-corrected chi connectivity index (χ4v) is 2.75. The maximum Gasteiger partial charge on any atom is 0.205 e. The van der Waals surface area contributed by atoms with Gasteiger partial charge < -0.3 is 5.32 Å². The number of nitrogens with one attached hydrogen (secondary N) is 1. The van der Waals surface area contributed by atoms with E-state index in [-0.39, 0.29) is 0 Å². The predicted octanol–water partition coefficient (Wildman–Crippen LogP) is 3.06. The Labute approximate surface area is 119 Å². The van der Waals surface area contributed by atoms with E-state index in [4.69, 9.17) is 0 Å². The van der Waals surface area contributed by atoms with Crippen molar-refractivity contribution in [2.45, 2.75) is 6.92 Å². The number of fused-ring (bicyclic) bond motifs is 1. The highest BCUT2D eigenvalue weighted by molar-refractivity contribution is 7.18. The predicted molar refractivity (Wildman–Crippen MR) is 79.5 cm³/mol. The molecule has 5 nitrogen and oxygen atoms in total. The number of aromatic nitrogens is 3.